The van der Waals surface area contributed by atoms with Crippen LogP contribution in [0.1, 0.15) is 40.7 Å². The number of esters is 1. The molecule has 3 rings (SSSR count). The van der Waals surface area contributed by atoms with Crippen LogP contribution >= 0.6 is 0 Å². The molecule has 0 aliphatic heterocycles. The maximum Gasteiger partial charge on any atom is 0.339 e. The Balaban J connectivity index is 1.77. The summed E-state index contributed by atoms with van der Waals surface area (Å²) in [5, 5.41) is 0. The first kappa shape index (κ1) is 15.3. The van der Waals surface area contributed by atoms with Crippen molar-refractivity contribution in [3.8, 4) is 0 Å². The molecule has 1 aliphatic carbocycles. The topological polar surface area (TPSA) is 26.3 Å². The van der Waals surface area contributed by atoms with Crippen molar-refractivity contribution in [2.75, 3.05) is 0 Å². The van der Waals surface area contributed by atoms with E-state index in [9.17, 15) is 4.79 Å². The Labute approximate surface area is 137 Å². The number of carbonyl (C=O) groups excluding carboxylic acids is 1. The second-order valence-corrected chi connectivity index (χ2v) is 5.63. The molecule has 0 N–H and O–H groups in total. The van der Waals surface area contributed by atoms with Crippen LogP contribution in [0.15, 0.2) is 66.7 Å². The molecule has 116 valence electrons. The first-order valence-electron chi connectivity index (χ1n) is 8.03. The van der Waals surface area contributed by atoms with E-state index >= 15 is 0 Å². The van der Waals surface area contributed by atoms with Gasteiger partial charge in [0.2, 0.25) is 0 Å². The van der Waals surface area contributed by atoms with Gasteiger partial charge in [-0.15, -0.1) is 0 Å². The van der Waals surface area contributed by atoms with Crippen LogP contribution in [0.2, 0.25) is 0 Å². The quantitative estimate of drug-likeness (QED) is 0.445. The molecule has 0 bridgehead atoms. The molecular formula is C21H20O2. The summed E-state index contributed by atoms with van der Waals surface area (Å²) in [5.74, 6) is -0.255. The summed E-state index contributed by atoms with van der Waals surface area (Å²) >= 11 is 0. The van der Waals surface area contributed by atoms with E-state index in [4.69, 9.17) is 4.74 Å². The number of hydrogen-bond acceptors (Lipinski definition) is 2. The second kappa shape index (κ2) is 7.59. The highest BCUT2D eigenvalue weighted by Crippen LogP contribution is 2.19. The minimum Gasteiger partial charge on any atom is -0.455 e. The van der Waals surface area contributed by atoms with Crippen molar-refractivity contribution < 1.29 is 9.53 Å². The van der Waals surface area contributed by atoms with Crippen LogP contribution in [0.3, 0.4) is 0 Å². The van der Waals surface area contributed by atoms with Crippen molar-refractivity contribution in [2.45, 2.75) is 25.4 Å². The number of rotatable bonds is 4. The summed E-state index contributed by atoms with van der Waals surface area (Å²) < 4.78 is 5.61. The predicted octanol–water partition coefficient (Wildman–Crippen LogP) is 5.12. The Morgan fingerprint density at radius 2 is 1.78 bits per heavy atom. The Morgan fingerprint density at radius 1 is 1.00 bits per heavy atom. The van der Waals surface area contributed by atoms with Gasteiger partial charge in [-0.1, -0.05) is 66.8 Å². The minimum atomic E-state index is -0.255. The highest BCUT2D eigenvalue weighted by atomic mass is 16.5. The molecule has 2 aromatic carbocycles. The lowest BCUT2D eigenvalue weighted by Gasteiger charge is -2.17. The third kappa shape index (κ3) is 4.19. The van der Waals surface area contributed by atoms with Crippen molar-refractivity contribution >= 4 is 18.1 Å². The number of ether oxygens (including phenoxy) is 1. The van der Waals surface area contributed by atoms with E-state index in [1.165, 1.54) is 0 Å². The van der Waals surface area contributed by atoms with Gasteiger partial charge in [0.25, 0.3) is 0 Å². The van der Waals surface area contributed by atoms with Gasteiger partial charge in [0.15, 0.2) is 0 Å². The van der Waals surface area contributed by atoms with Crippen molar-refractivity contribution in [3.63, 3.8) is 0 Å². The minimum absolute atomic E-state index is 0.0950. The fourth-order valence-electron chi connectivity index (χ4n) is 2.66. The predicted molar refractivity (Wildman–Crippen MR) is 94.0 cm³/mol. The first-order valence-corrected chi connectivity index (χ1v) is 8.03. The van der Waals surface area contributed by atoms with Crippen LogP contribution in [-0.2, 0) is 4.74 Å². The van der Waals surface area contributed by atoms with E-state index in [0.717, 1.165) is 30.4 Å². The fraction of sp³-hybridized carbons (Fsp3) is 0.190. The molecule has 2 heteroatoms. The lowest BCUT2D eigenvalue weighted by Crippen LogP contribution is -2.18. The van der Waals surface area contributed by atoms with Crippen molar-refractivity contribution in [3.05, 3.63) is 83.4 Å². The maximum atomic E-state index is 12.5. The normalized spacial score (nSPS) is 17.3. The Hall–Kier alpha value is -2.61. The summed E-state index contributed by atoms with van der Waals surface area (Å²) in [6, 6.07) is 17.6. The molecular weight excluding hydrogens is 284 g/mol. The van der Waals surface area contributed by atoms with E-state index in [0.29, 0.717) is 5.56 Å². The molecule has 2 nitrogen and oxygen atoms in total. The van der Waals surface area contributed by atoms with Crippen molar-refractivity contribution in [1.82, 2.24) is 0 Å². The summed E-state index contributed by atoms with van der Waals surface area (Å²) in [6.45, 7) is 0. The molecule has 0 aromatic heterocycles. The summed E-state index contributed by atoms with van der Waals surface area (Å²) in [6.07, 6.45) is 11.0. The van der Waals surface area contributed by atoms with Gasteiger partial charge >= 0.3 is 5.97 Å². The Morgan fingerprint density at radius 3 is 2.57 bits per heavy atom. The van der Waals surface area contributed by atoms with Gasteiger partial charge in [-0.3, -0.25) is 0 Å². The third-order valence-corrected chi connectivity index (χ3v) is 3.90. The molecule has 1 unspecified atom stereocenters. The Kier molecular flexibility index (Phi) is 5.05. The first-order chi connectivity index (χ1) is 11.3. The van der Waals surface area contributed by atoms with Crippen LogP contribution < -0.4 is 0 Å². The standard InChI is InChI=1S/C21H20O2/c22-21(23-19-12-5-2-6-13-19)20-14-8-7-11-18(20)16-15-17-9-3-1-4-10-17/h1,3-5,7-12,14-16,19H,2,6,13H2/b16-15+. The molecule has 1 atom stereocenters. The molecule has 0 amide bonds. The smallest absolute Gasteiger partial charge is 0.339 e. The van der Waals surface area contributed by atoms with Gasteiger partial charge in [-0.25, -0.2) is 4.79 Å². The zero-order valence-corrected chi connectivity index (χ0v) is 13.0. The van der Waals surface area contributed by atoms with Gasteiger partial charge in [0, 0.05) is 0 Å². The molecule has 0 saturated carbocycles. The van der Waals surface area contributed by atoms with E-state index < -0.39 is 0 Å². The van der Waals surface area contributed by atoms with Gasteiger partial charge in [0.1, 0.15) is 6.10 Å². The van der Waals surface area contributed by atoms with Gasteiger partial charge < -0.3 is 4.74 Å². The maximum absolute atomic E-state index is 12.5. The lowest BCUT2D eigenvalue weighted by atomic mass is 10.0. The molecule has 0 spiro atoms. The van der Waals surface area contributed by atoms with E-state index in [1.807, 2.05) is 72.8 Å². The SMILES string of the molecule is O=C(OC1C=CCCC1)c1ccccc1/C=C/c1ccccc1. The average Bonchev–Trinajstić information content (AvgIpc) is 2.62. The highest BCUT2D eigenvalue weighted by Gasteiger charge is 2.17. The lowest BCUT2D eigenvalue weighted by molar-refractivity contribution is 0.0370. The summed E-state index contributed by atoms with van der Waals surface area (Å²) in [5.41, 5.74) is 2.59. The molecule has 1 aliphatic rings. The monoisotopic (exact) mass is 304 g/mol. The van der Waals surface area contributed by atoms with Gasteiger partial charge in [-0.2, -0.15) is 0 Å². The largest absolute Gasteiger partial charge is 0.455 e. The number of carbonyl (C=O) groups is 1. The fourth-order valence-corrected chi connectivity index (χ4v) is 2.66. The van der Waals surface area contributed by atoms with E-state index in [-0.39, 0.29) is 12.1 Å². The number of hydrogen-bond donors (Lipinski definition) is 0. The zero-order valence-electron chi connectivity index (χ0n) is 13.0. The molecule has 23 heavy (non-hydrogen) atoms. The summed E-state index contributed by atoms with van der Waals surface area (Å²) in [4.78, 5) is 12.5. The van der Waals surface area contributed by atoms with Crippen LogP contribution in [0, 0.1) is 0 Å². The van der Waals surface area contributed by atoms with Crippen LogP contribution in [0.25, 0.3) is 12.2 Å². The zero-order chi connectivity index (χ0) is 15.9. The van der Waals surface area contributed by atoms with Crippen molar-refractivity contribution in [1.29, 1.82) is 0 Å². The molecule has 0 fully saturated rings. The van der Waals surface area contributed by atoms with Crippen LogP contribution in [0.5, 0.6) is 0 Å². The van der Waals surface area contributed by atoms with Crippen LogP contribution in [-0.4, -0.2) is 12.1 Å². The number of benzene rings is 2. The molecule has 0 saturated heterocycles. The second-order valence-electron chi connectivity index (χ2n) is 5.63. The average molecular weight is 304 g/mol. The molecule has 2 aromatic rings. The molecule has 0 heterocycles. The Bertz CT molecular complexity index is 714. The molecule has 0 radical (unpaired) electrons. The highest BCUT2D eigenvalue weighted by molar-refractivity contribution is 5.95. The van der Waals surface area contributed by atoms with Crippen molar-refractivity contribution in [2.24, 2.45) is 0 Å². The van der Waals surface area contributed by atoms with E-state index in [2.05, 4.69) is 6.08 Å². The summed E-state index contributed by atoms with van der Waals surface area (Å²) in [7, 11) is 0. The number of allylic oxidation sites excluding steroid dienone is 1. The van der Waals surface area contributed by atoms with E-state index in [1.54, 1.807) is 0 Å². The third-order valence-electron chi connectivity index (χ3n) is 3.90. The van der Waals surface area contributed by atoms with Gasteiger partial charge in [0.05, 0.1) is 5.56 Å². The van der Waals surface area contributed by atoms with Gasteiger partial charge in [-0.05, 0) is 42.5 Å². The van der Waals surface area contributed by atoms with Crippen LogP contribution in [0.4, 0.5) is 0 Å².